The molecule has 1 aliphatic heterocycles. The molecule has 0 aromatic heterocycles. The topological polar surface area (TPSA) is 52.4 Å². The van der Waals surface area contributed by atoms with E-state index in [1.807, 2.05) is 13.8 Å². The first-order valence-corrected chi connectivity index (χ1v) is 4.99. The molecule has 0 amide bonds. The molecule has 80 valence electrons. The molecule has 0 bridgehead atoms. The van der Waals surface area contributed by atoms with Crippen molar-refractivity contribution in [3.63, 3.8) is 0 Å². The largest absolute Gasteiger partial charge is 0.623 e. The van der Waals surface area contributed by atoms with Gasteiger partial charge in [0.1, 0.15) is 0 Å². The predicted octanol–water partition coefficient (Wildman–Crippen LogP) is 1.32. The van der Waals surface area contributed by atoms with E-state index in [2.05, 4.69) is 0 Å². The first kappa shape index (κ1) is 11.0. The monoisotopic (exact) mass is 199 g/mol. The average molecular weight is 199 g/mol. The Hall–Kier alpha value is -1.06. The van der Waals surface area contributed by atoms with Crippen molar-refractivity contribution in [3.05, 3.63) is 5.21 Å². The molecule has 0 saturated heterocycles. The van der Waals surface area contributed by atoms with E-state index >= 15 is 0 Å². The van der Waals surface area contributed by atoms with Gasteiger partial charge in [-0.1, -0.05) is 13.8 Å². The standard InChI is InChI=1S/C10H17NO3/c1-4-5-14-9(12)10(3)6-8(2)7-11(10)13/h7-8H,4-6H2,1-3H3. The summed E-state index contributed by atoms with van der Waals surface area (Å²) < 4.78 is 5.73. The third-order valence-corrected chi connectivity index (χ3v) is 2.47. The first-order valence-electron chi connectivity index (χ1n) is 4.99. The molecule has 0 fully saturated rings. The maximum absolute atomic E-state index is 11.6. The van der Waals surface area contributed by atoms with Gasteiger partial charge in [0.25, 0.3) is 5.54 Å². The van der Waals surface area contributed by atoms with E-state index in [0.717, 1.165) is 11.2 Å². The molecule has 1 aliphatic rings. The fourth-order valence-corrected chi connectivity index (χ4v) is 1.69. The Morgan fingerprint density at radius 3 is 2.86 bits per heavy atom. The van der Waals surface area contributed by atoms with Crippen LogP contribution in [0.3, 0.4) is 0 Å². The zero-order valence-corrected chi connectivity index (χ0v) is 8.95. The van der Waals surface area contributed by atoms with Crippen LogP contribution in [0.4, 0.5) is 0 Å². The molecular weight excluding hydrogens is 182 g/mol. The molecule has 2 unspecified atom stereocenters. The Bertz CT molecular complexity index is 262. The Balaban J connectivity index is 2.67. The van der Waals surface area contributed by atoms with Crippen molar-refractivity contribution in [1.82, 2.24) is 0 Å². The smallest absolute Gasteiger partial charge is 0.379 e. The Morgan fingerprint density at radius 2 is 2.43 bits per heavy atom. The van der Waals surface area contributed by atoms with Crippen LogP contribution in [-0.4, -0.2) is 29.1 Å². The number of carbonyl (C=O) groups is 1. The Morgan fingerprint density at radius 1 is 1.79 bits per heavy atom. The summed E-state index contributed by atoms with van der Waals surface area (Å²) in [5.74, 6) is -0.262. The van der Waals surface area contributed by atoms with Gasteiger partial charge in [0.15, 0.2) is 6.21 Å². The van der Waals surface area contributed by atoms with Crippen LogP contribution in [-0.2, 0) is 9.53 Å². The fourth-order valence-electron chi connectivity index (χ4n) is 1.69. The SMILES string of the molecule is CCCOC(=O)C1(C)CC(C)C=[N+]1[O-]. The predicted molar refractivity (Wildman–Crippen MR) is 53.1 cm³/mol. The fraction of sp³-hybridized carbons (Fsp3) is 0.800. The minimum atomic E-state index is -1.01. The van der Waals surface area contributed by atoms with E-state index in [1.165, 1.54) is 6.21 Å². The molecule has 1 rings (SSSR count). The highest BCUT2D eigenvalue weighted by atomic mass is 16.5. The van der Waals surface area contributed by atoms with Crippen molar-refractivity contribution in [3.8, 4) is 0 Å². The third kappa shape index (κ3) is 1.89. The van der Waals surface area contributed by atoms with Crippen LogP contribution in [0.25, 0.3) is 0 Å². The van der Waals surface area contributed by atoms with Gasteiger partial charge in [-0.15, -0.1) is 0 Å². The van der Waals surface area contributed by atoms with Crippen molar-refractivity contribution in [1.29, 1.82) is 0 Å². The summed E-state index contributed by atoms with van der Waals surface area (Å²) in [6.45, 7) is 5.87. The van der Waals surface area contributed by atoms with Crippen molar-refractivity contribution < 1.29 is 14.3 Å². The van der Waals surface area contributed by atoms with Gasteiger partial charge in [-0.2, -0.15) is 4.74 Å². The lowest BCUT2D eigenvalue weighted by atomic mass is 9.95. The number of ether oxygens (including phenoxy) is 1. The summed E-state index contributed by atoms with van der Waals surface area (Å²) in [5.41, 5.74) is -1.01. The molecule has 0 spiro atoms. The molecule has 2 atom stereocenters. The number of hydrogen-bond donors (Lipinski definition) is 0. The number of esters is 1. The summed E-state index contributed by atoms with van der Waals surface area (Å²) >= 11 is 0. The molecule has 14 heavy (non-hydrogen) atoms. The molecule has 4 heteroatoms. The lowest BCUT2D eigenvalue weighted by Gasteiger charge is -2.21. The van der Waals surface area contributed by atoms with Gasteiger partial charge >= 0.3 is 5.97 Å². The highest BCUT2D eigenvalue weighted by Gasteiger charge is 2.48. The van der Waals surface area contributed by atoms with Gasteiger partial charge in [0.05, 0.1) is 6.61 Å². The third-order valence-electron chi connectivity index (χ3n) is 2.47. The van der Waals surface area contributed by atoms with Crippen LogP contribution in [0.5, 0.6) is 0 Å². The molecule has 0 aromatic carbocycles. The van der Waals surface area contributed by atoms with Crippen LogP contribution in [0, 0.1) is 11.1 Å². The highest BCUT2D eigenvalue weighted by molar-refractivity contribution is 5.81. The van der Waals surface area contributed by atoms with Crippen molar-refractivity contribution >= 4 is 12.2 Å². The van der Waals surface area contributed by atoms with E-state index in [-0.39, 0.29) is 5.92 Å². The van der Waals surface area contributed by atoms with Gasteiger partial charge in [0.2, 0.25) is 0 Å². The number of hydrogen-bond acceptors (Lipinski definition) is 3. The zero-order valence-electron chi connectivity index (χ0n) is 8.95. The quantitative estimate of drug-likeness (QED) is 0.391. The summed E-state index contributed by atoms with van der Waals surface area (Å²) in [6.07, 6.45) is 2.85. The van der Waals surface area contributed by atoms with Crippen molar-refractivity contribution in [2.45, 2.75) is 39.2 Å². The second kappa shape index (κ2) is 3.98. The second-order valence-corrected chi connectivity index (χ2v) is 4.07. The number of nitrogens with zero attached hydrogens (tertiary/aromatic N) is 1. The molecule has 0 aromatic rings. The minimum Gasteiger partial charge on any atom is -0.623 e. The van der Waals surface area contributed by atoms with Crippen LogP contribution in [0.2, 0.25) is 0 Å². The van der Waals surface area contributed by atoms with E-state index in [0.29, 0.717) is 13.0 Å². The second-order valence-electron chi connectivity index (χ2n) is 4.07. The maximum atomic E-state index is 11.6. The van der Waals surface area contributed by atoms with Crippen LogP contribution in [0.1, 0.15) is 33.6 Å². The van der Waals surface area contributed by atoms with Gasteiger partial charge in [-0.25, -0.2) is 4.79 Å². The molecule has 0 aliphatic carbocycles. The molecule has 1 heterocycles. The van der Waals surface area contributed by atoms with Gasteiger partial charge in [-0.05, 0) is 6.42 Å². The number of rotatable bonds is 3. The van der Waals surface area contributed by atoms with Gasteiger partial charge in [0, 0.05) is 19.3 Å². The van der Waals surface area contributed by atoms with Gasteiger partial charge < -0.3 is 9.94 Å². The summed E-state index contributed by atoms with van der Waals surface area (Å²) in [5, 5.41) is 11.5. The van der Waals surface area contributed by atoms with Crippen LogP contribution < -0.4 is 0 Å². The lowest BCUT2D eigenvalue weighted by Crippen LogP contribution is -2.43. The number of hydroxylamine groups is 1. The summed E-state index contributed by atoms with van der Waals surface area (Å²) in [6, 6.07) is 0. The average Bonchev–Trinajstić information content (AvgIpc) is 2.38. The molecule has 4 nitrogen and oxygen atoms in total. The molecule has 0 saturated carbocycles. The van der Waals surface area contributed by atoms with Crippen molar-refractivity contribution in [2.24, 2.45) is 5.92 Å². The van der Waals surface area contributed by atoms with E-state index in [4.69, 9.17) is 4.74 Å². The first-order chi connectivity index (χ1) is 6.50. The molecule has 0 radical (unpaired) electrons. The van der Waals surface area contributed by atoms with E-state index in [9.17, 15) is 10.0 Å². The minimum absolute atomic E-state index is 0.145. The van der Waals surface area contributed by atoms with Crippen LogP contribution in [0.15, 0.2) is 0 Å². The summed E-state index contributed by atoms with van der Waals surface area (Å²) in [7, 11) is 0. The van der Waals surface area contributed by atoms with Crippen LogP contribution >= 0.6 is 0 Å². The Kier molecular flexibility index (Phi) is 3.13. The molecule has 0 N–H and O–H groups in total. The van der Waals surface area contributed by atoms with E-state index in [1.54, 1.807) is 6.92 Å². The Labute approximate surface area is 84.1 Å². The summed E-state index contributed by atoms with van der Waals surface area (Å²) in [4.78, 5) is 11.6. The van der Waals surface area contributed by atoms with E-state index < -0.39 is 11.5 Å². The number of carbonyl (C=O) groups excluding carboxylic acids is 1. The highest BCUT2D eigenvalue weighted by Crippen LogP contribution is 2.26. The normalized spacial score (nSPS) is 31.4. The van der Waals surface area contributed by atoms with Gasteiger partial charge in [-0.3, -0.25) is 0 Å². The zero-order chi connectivity index (χ0) is 10.8. The molecular formula is C10H17NO3. The maximum Gasteiger partial charge on any atom is 0.379 e. The van der Waals surface area contributed by atoms with Crippen molar-refractivity contribution in [2.75, 3.05) is 6.61 Å². The lowest BCUT2D eigenvalue weighted by molar-refractivity contribution is -0.518.